The Morgan fingerprint density at radius 3 is 2.74 bits per heavy atom. The highest BCUT2D eigenvalue weighted by Crippen LogP contribution is 2.27. The Balaban J connectivity index is 1.29. The monoisotopic (exact) mass is 412 g/mol. The van der Waals surface area contributed by atoms with Crippen LogP contribution in [0.3, 0.4) is 0 Å². The van der Waals surface area contributed by atoms with Crippen molar-refractivity contribution in [3.63, 3.8) is 0 Å². The van der Waals surface area contributed by atoms with E-state index in [2.05, 4.69) is 49.7 Å². The third-order valence-corrected chi connectivity index (χ3v) is 5.75. The van der Waals surface area contributed by atoms with Crippen molar-refractivity contribution >= 4 is 11.6 Å². The minimum Gasteiger partial charge on any atom is -0.348 e. The van der Waals surface area contributed by atoms with Crippen molar-refractivity contribution in [3.05, 3.63) is 95.7 Å². The number of hydrogen-bond acceptors (Lipinski definition) is 5. The van der Waals surface area contributed by atoms with Gasteiger partial charge in [-0.05, 0) is 42.3 Å². The molecule has 7 heteroatoms. The number of likely N-dealkylation sites (tertiary alicyclic amines) is 1. The molecule has 1 amide bonds. The summed E-state index contributed by atoms with van der Waals surface area (Å²) in [5, 5.41) is 11.7. The van der Waals surface area contributed by atoms with Gasteiger partial charge in [0.1, 0.15) is 5.82 Å². The van der Waals surface area contributed by atoms with Gasteiger partial charge in [0.15, 0.2) is 5.65 Å². The second-order valence-electron chi connectivity index (χ2n) is 7.95. The second-order valence-corrected chi connectivity index (χ2v) is 7.95. The molecule has 1 unspecified atom stereocenters. The first-order valence-electron chi connectivity index (χ1n) is 10.5. The average molecular weight is 412 g/mol. The molecule has 0 spiro atoms. The molecule has 0 saturated carbocycles. The normalized spacial score (nSPS) is 16.6. The van der Waals surface area contributed by atoms with Crippen LogP contribution in [-0.2, 0) is 13.1 Å². The predicted octanol–water partition coefficient (Wildman–Crippen LogP) is 3.04. The van der Waals surface area contributed by atoms with Crippen molar-refractivity contribution in [1.29, 1.82) is 0 Å². The van der Waals surface area contributed by atoms with Crippen LogP contribution in [-0.4, -0.2) is 43.5 Å². The Hall–Kier alpha value is -3.58. The first-order chi connectivity index (χ1) is 15.3. The van der Waals surface area contributed by atoms with E-state index in [-0.39, 0.29) is 5.91 Å². The van der Waals surface area contributed by atoms with Crippen LogP contribution < -0.4 is 5.32 Å². The fraction of sp³-hybridized carbons (Fsp3) is 0.250. The molecule has 4 aromatic rings. The largest absolute Gasteiger partial charge is 0.348 e. The molecular weight excluding hydrogens is 388 g/mol. The molecule has 1 aliphatic heterocycles. The molecule has 0 radical (unpaired) electrons. The molecule has 4 heterocycles. The average Bonchev–Trinajstić information content (AvgIpc) is 3.45. The minimum atomic E-state index is -0.123. The van der Waals surface area contributed by atoms with Gasteiger partial charge in [-0.3, -0.25) is 19.1 Å². The molecule has 156 valence electrons. The van der Waals surface area contributed by atoms with Gasteiger partial charge in [0.25, 0.3) is 5.91 Å². The van der Waals surface area contributed by atoms with Crippen LogP contribution in [0.4, 0.5) is 0 Å². The van der Waals surface area contributed by atoms with E-state index in [0.717, 1.165) is 43.1 Å². The number of fused-ring (bicyclic) bond motifs is 1. The van der Waals surface area contributed by atoms with Gasteiger partial charge in [0.05, 0.1) is 5.56 Å². The van der Waals surface area contributed by atoms with Crippen molar-refractivity contribution in [3.8, 4) is 0 Å². The third-order valence-electron chi connectivity index (χ3n) is 5.75. The van der Waals surface area contributed by atoms with Crippen molar-refractivity contribution < 1.29 is 4.79 Å². The number of rotatable bonds is 6. The molecule has 0 aliphatic carbocycles. The number of aromatic nitrogens is 4. The van der Waals surface area contributed by atoms with Crippen molar-refractivity contribution in [2.45, 2.75) is 25.4 Å². The number of carbonyl (C=O) groups is 1. The summed E-state index contributed by atoms with van der Waals surface area (Å²) in [5.41, 5.74) is 3.64. The van der Waals surface area contributed by atoms with Gasteiger partial charge in [0.2, 0.25) is 0 Å². The summed E-state index contributed by atoms with van der Waals surface area (Å²) in [4.78, 5) is 19.2. The molecular formula is C24H24N6O. The zero-order valence-corrected chi connectivity index (χ0v) is 17.2. The summed E-state index contributed by atoms with van der Waals surface area (Å²) in [6.45, 7) is 3.35. The summed E-state index contributed by atoms with van der Waals surface area (Å²) in [6, 6.07) is 18.0. The van der Waals surface area contributed by atoms with Gasteiger partial charge in [-0.1, -0.05) is 36.4 Å². The Bertz CT molecular complexity index is 1170. The van der Waals surface area contributed by atoms with Crippen LogP contribution in [0.1, 0.15) is 39.6 Å². The van der Waals surface area contributed by atoms with Crippen LogP contribution in [0.5, 0.6) is 0 Å². The Morgan fingerprint density at radius 2 is 1.90 bits per heavy atom. The zero-order valence-electron chi connectivity index (χ0n) is 17.2. The minimum absolute atomic E-state index is 0.123. The van der Waals surface area contributed by atoms with Gasteiger partial charge in [-0.15, -0.1) is 10.2 Å². The quantitative estimate of drug-likeness (QED) is 0.527. The van der Waals surface area contributed by atoms with E-state index in [4.69, 9.17) is 0 Å². The molecule has 1 aliphatic rings. The highest BCUT2D eigenvalue weighted by Gasteiger charge is 2.27. The van der Waals surface area contributed by atoms with Crippen molar-refractivity contribution in [2.24, 2.45) is 0 Å². The van der Waals surface area contributed by atoms with E-state index >= 15 is 0 Å². The fourth-order valence-corrected chi connectivity index (χ4v) is 4.14. The maximum atomic E-state index is 12.7. The maximum Gasteiger partial charge on any atom is 0.253 e. The molecule has 31 heavy (non-hydrogen) atoms. The number of nitrogens with one attached hydrogen (secondary N) is 1. The number of hydrogen-bond donors (Lipinski definition) is 1. The van der Waals surface area contributed by atoms with E-state index in [1.807, 2.05) is 34.9 Å². The fourth-order valence-electron chi connectivity index (χ4n) is 4.14. The molecule has 1 aromatic carbocycles. The Labute approximate surface area is 180 Å². The molecule has 5 rings (SSSR count). The summed E-state index contributed by atoms with van der Waals surface area (Å²) in [6.07, 6.45) is 6.35. The standard InChI is InChI=1S/C24H24N6O/c31-24(26-14-19-7-4-11-25-13-19)21-8-9-22-27-28-23(30(22)17-21)20-10-12-29(16-20)15-18-5-2-1-3-6-18/h1-9,11,13,17,20H,10,12,14-16H2,(H,26,31). The summed E-state index contributed by atoms with van der Waals surface area (Å²) in [5.74, 6) is 1.10. The van der Waals surface area contributed by atoms with Crippen molar-refractivity contribution in [2.75, 3.05) is 13.1 Å². The van der Waals surface area contributed by atoms with E-state index in [1.54, 1.807) is 18.5 Å². The Morgan fingerprint density at radius 1 is 1.03 bits per heavy atom. The van der Waals surface area contributed by atoms with Crippen LogP contribution in [0.25, 0.3) is 5.65 Å². The second kappa shape index (κ2) is 8.65. The van der Waals surface area contributed by atoms with Gasteiger partial charge in [-0.25, -0.2) is 0 Å². The summed E-state index contributed by atoms with van der Waals surface area (Å²) in [7, 11) is 0. The van der Waals surface area contributed by atoms with Gasteiger partial charge in [0, 0.05) is 44.1 Å². The molecule has 7 nitrogen and oxygen atoms in total. The zero-order chi connectivity index (χ0) is 21.0. The van der Waals surface area contributed by atoms with Gasteiger partial charge < -0.3 is 5.32 Å². The highest BCUT2D eigenvalue weighted by molar-refractivity contribution is 5.94. The lowest BCUT2D eigenvalue weighted by molar-refractivity contribution is 0.0950. The number of benzene rings is 1. The predicted molar refractivity (Wildman–Crippen MR) is 117 cm³/mol. The SMILES string of the molecule is O=C(NCc1cccnc1)c1ccc2nnc(C3CCN(Cc4ccccc4)C3)n2c1. The van der Waals surface area contributed by atoms with E-state index in [1.165, 1.54) is 5.56 Å². The van der Waals surface area contributed by atoms with E-state index < -0.39 is 0 Å². The van der Waals surface area contributed by atoms with Gasteiger partial charge >= 0.3 is 0 Å². The first kappa shape index (κ1) is 19.4. The van der Waals surface area contributed by atoms with Crippen LogP contribution in [0.2, 0.25) is 0 Å². The van der Waals surface area contributed by atoms with E-state index in [9.17, 15) is 4.79 Å². The molecule has 0 bridgehead atoms. The topological polar surface area (TPSA) is 75.4 Å². The van der Waals surface area contributed by atoms with Crippen LogP contribution in [0.15, 0.2) is 73.2 Å². The molecule has 1 saturated heterocycles. The molecule has 1 fully saturated rings. The molecule has 1 atom stereocenters. The highest BCUT2D eigenvalue weighted by atomic mass is 16.1. The smallest absolute Gasteiger partial charge is 0.253 e. The number of nitrogens with zero attached hydrogens (tertiary/aromatic N) is 5. The summed E-state index contributed by atoms with van der Waals surface area (Å²) >= 11 is 0. The lowest BCUT2D eigenvalue weighted by Gasteiger charge is -2.15. The lowest BCUT2D eigenvalue weighted by Crippen LogP contribution is -2.23. The third kappa shape index (κ3) is 4.32. The Kier molecular flexibility index (Phi) is 5.41. The van der Waals surface area contributed by atoms with E-state index in [0.29, 0.717) is 18.0 Å². The lowest BCUT2D eigenvalue weighted by atomic mass is 10.1. The molecule has 3 aromatic heterocycles. The number of amides is 1. The van der Waals surface area contributed by atoms with Crippen LogP contribution in [0, 0.1) is 0 Å². The first-order valence-corrected chi connectivity index (χ1v) is 10.5. The van der Waals surface area contributed by atoms with Gasteiger partial charge in [-0.2, -0.15) is 0 Å². The van der Waals surface area contributed by atoms with Crippen molar-refractivity contribution in [1.82, 2.24) is 29.8 Å². The van der Waals surface area contributed by atoms with Crippen LogP contribution >= 0.6 is 0 Å². The maximum absolute atomic E-state index is 12.7. The number of carbonyl (C=O) groups excluding carboxylic acids is 1. The number of pyridine rings is 2. The molecule has 1 N–H and O–H groups in total. The summed E-state index contributed by atoms with van der Waals surface area (Å²) < 4.78 is 1.97.